The zero-order chi connectivity index (χ0) is 13.8. The van der Waals surface area contributed by atoms with E-state index in [0.717, 1.165) is 35.9 Å². The number of hydrogen-bond donors (Lipinski definition) is 1. The summed E-state index contributed by atoms with van der Waals surface area (Å²) in [5, 5.41) is 8.25. The fourth-order valence-corrected chi connectivity index (χ4v) is 3.84. The fourth-order valence-electron chi connectivity index (χ4n) is 2.44. The number of nitrogens with one attached hydrogen (secondary N) is 1. The molecule has 6 heteroatoms. The van der Waals surface area contributed by atoms with Crippen molar-refractivity contribution in [2.45, 2.75) is 25.3 Å². The third kappa shape index (κ3) is 3.37. The summed E-state index contributed by atoms with van der Waals surface area (Å²) in [5.41, 5.74) is 0. The van der Waals surface area contributed by atoms with Crippen LogP contribution in [0, 0.1) is 0 Å². The molecule has 2 aromatic heterocycles. The Morgan fingerprint density at radius 3 is 2.85 bits per heavy atom. The highest BCUT2D eigenvalue weighted by Gasteiger charge is 2.21. The number of carbonyl (C=O) groups excluding carboxylic acids is 1. The largest absolute Gasteiger partial charge is 0.353 e. The van der Waals surface area contributed by atoms with Crippen LogP contribution in [0.3, 0.4) is 0 Å². The van der Waals surface area contributed by atoms with E-state index in [9.17, 15) is 4.79 Å². The number of nitrogens with zero attached hydrogens (tertiary/aromatic N) is 2. The predicted octanol–water partition coefficient (Wildman–Crippen LogP) is 2.53. The molecule has 0 aromatic carbocycles. The summed E-state index contributed by atoms with van der Waals surface area (Å²) >= 11 is 3.31. The Morgan fingerprint density at radius 1 is 1.35 bits per heavy atom. The fraction of sp³-hybridized carbons (Fsp3) is 0.429. The van der Waals surface area contributed by atoms with Crippen LogP contribution in [-0.2, 0) is 11.2 Å². The van der Waals surface area contributed by atoms with E-state index < -0.39 is 0 Å². The topological polar surface area (TPSA) is 45.2 Å². The molecular formula is C14H17N3OS2. The molecule has 0 atom stereocenters. The number of anilines is 1. The first-order chi connectivity index (χ1) is 9.81. The second-order valence-corrected chi connectivity index (χ2v) is 6.80. The highest BCUT2D eigenvalue weighted by atomic mass is 32.1. The van der Waals surface area contributed by atoms with Crippen molar-refractivity contribution >= 4 is 33.7 Å². The van der Waals surface area contributed by atoms with Crippen molar-refractivity contribution in [3.63, 3.8) is 0 Å². The van der Waals surface area contributed by atoms with E-state index in [0.29, 0.717) is 12.5 Å². The standard InChI is InChI=1S/C14H17N3OS2/c18-13(10-12-2-1-8-19-12)16-11-3-6-17(7-4-11)14-15-5-9-20-14/h1-2,5,8-9,11H,3-4,6-7,10H2,(H,16,18). The van der Waals surface area contributed by atoms with Crippen LogP contribution in [0.1, 0.15) is 17.7 Å². The summed E-state index contributed by atoms with van der Waals surface area (Å²) in [6.45, 7) is 1.94. The quantitative estimate of drug-likeness (QED) is 0.944. The van der Waals surface area contributed by atoms with Gasteiger partial charge in [0.15, 0.2) is 5.13 Å². The first-order valence-electron chi connectivity index (χ1n) is 6.77. The van der Waals surface area contributed by atoms with E-state index in [2.05, 4.69) is 15.2 Å². The summed E-state index contributed by atoms with van der Waals surface area (Å²) in [7, 11) is 0. The molecule has 3 rings (SSSR count). The highest BCUT2D eigenvalue weighted by molar-refractivity contribution is 7.13. The third-order valence-electron chi connectivity index (χ3n) is 3.46. The minimum absolute atomic E-state index is 0.139. The van der Waals surface area contributed by atoms with E-state index >= 15 is 0 Å². The van der Waals surface area contributed by atoms with Gasteiger partial charge in [-0.2, -0.15) is 0 Å². The van der Waals surface area contributed by atoms with Gasteiger partial charge >= 0.3 is 0 Å². The van der Waals surface area contributed by atoms with Gasteiger partial charge in [0.25, 0.3) is 0 Å². The molecule has 3 heterocycles. The van der Waals surface area contributed by atoms with Gasteiger partial charge in [0.1, 0.15) is 0 Å². The summed E-state index contributed by atoms with van der Waals surface area (Å²) < 4.78 is 0. The van der Waals surface area contributed by atoms with Crippen molar-refractivity contribution in [3.8, 4) is 0 Å². The average Bonchev–Trinajstić information content (AvgIpc) is 3.12. The van der Waals surface area contributed by atoms with Crippen molar-refractivity contribution in [2.24, 2.45) is 0 Å². The van der Waals surface area contributed by atoms with Crippen LogP contribution in [0.25, 0.3) is 0 Å². The van der Waals surface area contributed by atoms with Crippen LogP contribution >= 0.6 is 22.7 Å². The Hall–Kier alpha value is -1.40. The maximum Gasteiger partial charge on any atom is 0.225 e. The van der Waals surface area contributed by atoms with Crippen molar-refractivity contribution in [1.82, 2.24) is 10.3 Å². The lowest BCUT2D eigenvalue weighted by atomic mass is 10.1. The average molecular weight is 307 g/mol. The number of aromatic nitrogens is 1. The number of thiophene rings is 1. The van der Waals surface area contributed by atoms with Gasteiger partial charge in [-0.05, 0) is 24.3 Å². The number of hydrogen-bond acceptors (Lipinski definition) is 5. The first kappa shape index (κ1) is 13.6. The molecule has 1 saturated heterocycles. The van der Waals surface area contributed by atoms with Gasteiger partial charge < -0.3 is 10.2 Å². The van der Waals surface area contributed by atoms with Crippen LogP contribution in [0.15, 0.2) is 29.1 Å². The molecule has 0 unspecified atom stereocenters. The Kier molecular flexibility index (Phi) is 4.32. The molecular weight excluding hydrogens is 290 g/mol. The van der Waals surface area contributed by atoms with E-state index in [1.165, 1.54) is 0 Å². The van der Waals surface area contributed by atoms with E-state index in [1.807, 2.05) is 29.1 Å². The second-order valence-electron chi connectivity index (χ2n) is 4.90. The summed E-state index contributed by atoms with van der Waals surface area (Å²) in [6.07, 6.45) is 4.34. The van der Waals surface area contributed by atoms with Crippen LogP contribution in [-0.4, -0.2) is 30.0 Å². The Labute approximate surface area is 126 Å². The lowest BCUT2D eigenvalue weighted by molar-refractivity contribution is -0.121. The van der Waals surface area contributed by atoms with Crippen LogP contribution in [0.4, 0.5) is 5.13 Å². The van der Waals surface area contributed by atoms with Crippen molar-refractivity contribution < 1.29 is 4.79 Å². The smallest absolute Gasteiger partial charge is 0.225 e. The maximum atomic E-state index is 12.0. The lowest BCUT2D eigenvalue weighted by Gasteiger charge is -2.32. The second kappa shape index (κ2) is 6.37. The minimum Gasteiger partial charge on any atom is -0.353 e. The molecule has 1 amide bonds. The number of rotatable bonds is 4. The van der Waals surface area contributed by atoms with Crippen molar-refractivity contribution in [1.29, 1.82) is 0 Å². The van der Waals surface area contributed by atoms with Crippen LogP contribution < -0.4 is 10.2 Å². The Bertz CT molecular complexity index is 531. The zero-order valence-electron chi connectivity index (χ0n) is 11.1. The number of carbonyl (C=O) groups is 1. The van der Waals surface area contributed by atoms with Gasteiger partial charge in [0, 0.05) is 35.6 Å². The maximum absolute atomic E-state index is 12.0. The monoisotopic (exact) mass is 307 g/mol. The highest BCUT2D eigenvalue weighted by Crippen LogP contribution is 2.22. The molecule has 4 nitrogen and oxygen atoms in total. The van der Waals surface area contributed by atoms with Crippen molar-refractivity contribution in [2.75, 3.05) is 18.0 Å². The third-order valence-corrected chi connectivity index (χ3v) is 5.17. The molecule has 20 heavy (non-hydrogen) atoms. The zero-order valence-corrected chi connectivity index (χ0v) is 12.8. The van der Waals surface area contributed by atoms with E-state index in [-0.39, 0.29) is 5.91 Å². The van der Waals surface area contributed by atoms with Gasteiger partial charge in [-0.1, -0.05) is 6.07 Å². The van der Waals surface area contributed by atoms with Gasteiger partial charge in [0.05, 0.1) is 6.42 Å². The molecule has 0 bridgehead atoms. The molecule has 0 spiro atoms. The molecule has 1 fully saturated rings. The molecule has 0 aliphatic carbocycles. The molecule has 1 aliphatic rings. The van der Waals surface area contributed by atoms with Gasteiger partial charge in [-0.25, -0.2) is 4.98 Å². The molecule has 1 aliphatic heterocycles. The lowest BCUT2D eigenvalue weighted by Crippen LogP contribution is -2.45. The number of amides is 1. The van der Waals surface area contributed by atoms with E-state index in [4.69, 9.17) is 0 Å². The molecule has 106 valence electrons. The SMILES string of the molecule is O=C(Cc1cccs1)NC1CCN(c2nccs2)CC1. The molecule has 0 radical (unpaired) electrons. The Morgan fingerprint density at radius 2 is 2.20 bits per heavy atom. The minimum atomic E-state index is 0.139. The Balaban J connectivity index is 1.45. The summed E-state index contributed by atoms with van der Waals surface area (Å²) in [5.74, 6) is 0.139. The molecule has 0 saturated carbocycles. The van der Waals surface area contributed by atoms with Gasteiger partial charge in [0.2, 0.25) is 5.91 Å². The van der Waals surface area contributed by atoms with Crippen molar-refractivity contribution in [3.05, 3.63) is 34.0 Å². The number of piperidine rings is 1. The van der Waals surface area contributed by atoms with E-state index in [1.54, 1.807) is 22.7 Å². The van der Waals surface area contributed by atoms with Crippen LogP contribution in [0.5, 0.6) is 0 Å². The van der Waals surface area contributed by atoms with Gasteiger partial charge in [-0.3, -0.25) is 4.79 Å². The van der Waals surface area contributed by atoms with Gasteiger partial charge in [-0.15, -0.1) is 22.7 Å². The summed E-state index contributed by atoms with van der Waals surface area (Å²) in [6, 6.07) is 4.30. The molecule has 1 N–H and O–H groups in total. The predicted molar refractivity (Wildman–Crippen MR) is 83.5 cm³/mol. The normalized spacial score (nSPS) is 16.3. The summed E-state index contributed by atoms with van der Waals surface area (Å²) in [4.78, 5) is 19.7. The molecule has 2 aromatic rings. The number of thiazole rings is 1. The van der Waals surface area contributed by atoms with Crippen LogP contribution in [0.2, 0.25) is 0 Å². The first-order valence-corrected chi connectivity index (χ1v) is 8.53.